The highest BCUT2D eigenvalue weighted by atomic mass is 16.2. The van der Waals surface area contributed by atoms with Crippen molar-refractivity contribution >= 4 is 11.7 Å². The van der Waals surface area contributed by atoms with Crippen LogP contribution >= 0.6 is 0 Å². The van der Waals surface area contributed by atoms with Crippen molar-refractivity contribution in [1.82, 2.24) is 14.8 Å². The predicted molar refractivity (Wildman–Crippen MR) is 80.3 cm³/mol. The van der Waals surface area contributed by atoms with Gasteiger partial charge in [0.1, 0.15) is 11.5 Å². The third-order valence-electron chi connectivity index (χ3n) is 2.98. The van der Waals surface area contributed by atoms with E-state index < -0.39 is 0 Å². The Morgan fingerprint density at radius 1 is 1.33 bits per heavy atom. The van der Waals surface area contributed by atoms with Gasteiger partial charge in [-0.2, -0.15) is 5.10 Å². The Balaban J connectivity index is 2.17. The number of carbonyl (C=O) groups is 1. The first-order chi connectivity index (χ1) is 10.1. The van der Waals surface area contributed by atoms with Crippen molar-refractivity contribution in [1.29, 1.82) is 0 Å². The Morgan fingerprint density at radius 3 is 2.86 bits per heavy atom. The summed E-state index contributed by atoms with van der Waals surface area (Å²) in [7, 11) is 0. The maximum Gasteiger partial charge on any atom is 0.277 e. The number of aryl methyl sites for hydroxylation is 2. The number of rotatable bonds is 5. The molecule has 0 aliphatic rings. The van der Waals surface area contributed by atoms with Crippen LogP contribution in [0, 0.1) is 6.92 Å². The highest BCUT2D eigenvalue weighted by molar-refractivity contribution is 6.02. The van der Waals surface area contributed by atoms with E-state index in [2.05, 4.69) is 15.4 Å². The maximum atomic E-state index is 12.1. The molecule has 0 saturated carbocycles. The summed E-state index contributed by atoms with van der Waals surface area (Å²) in [5.41, 5.74) is 1.00. The van der Waals surface area contributed by atoms with Crippen molar-refractivity contribution in [2.75, 3.05) is 5.32 Å². The first kappa shape index (κ1) is 14.9. The van der Waals surface area contributed by atoms with Crippen LogP contribution in [-0.2, 0) is 6.54 Å². The van der Waals surface area contributed by atoms with Crippen molar-refractivity contribution in [3.63, 3.8) is 0 Å². The normalized spacial score (nSPS) is 10.4. The van der Waals surface area contributed by atoms with E-state index in [9.17, 15) is 9.59 Å². The SMILES string of the molecule is CCCCn1nc(C(=O)Nc2cc(C)ccn2)ccc1=O. The molecule has 2 rings (SSSR count). The molecule has 1 amide bonds. The van der Waals surface area contributed by atoms with E-state index in [4.69, 9.17) is 0 Å². The molecule has 0 bridgehead atoms. The molecule has 0 saturated heterocycles. The van der Waals surface area contributed by atoms with Gasteiger partial charge in [-0.1, -0.05) is 13.3 Å². The van der Waals surface area contributed by atoms with Crippen LogP contribution in [0.1, 0.15) is 35.8 Å². The van der Waals surface area contributed by atoms with Crippen LogP contribution in [0.2, 0.25) is 0 Å². The van der Waals surface area contributed by atoms with Gasteiger partial charge in [0, 0.05) is 18.8 Å². The highest BCUT2D eigenvalue weighted by Crippen LogP contribution is 2.06. The number of carbonyl (C=O) groups excluding carboxylic acids is 1. The van der Waals surface area contributed by atoms with Gasteiger partial charge in [-0.25, -0.2) is 9.67 Å². The summed E-state index contributed by atoms with van der Waals surface area (Å²) in [5.74, 6) is 0.0893. The molecule has 1 N–H and O–H groups in total. The fourth-order valence-corrected chi connectivity index (χ4v) is 1.82. The van der Waals surface area contributed by atoms with Gasteiger partial charge in [0.05, 0.1) is 0 Å². The van der Waals surface area contributed by atoms with Gasteiger partial charge in [0.2, 0.25) is 0 Å². The maximum absolute atomic E-state index is 12.1. The minimum absolute atomic E-state index is 0.200. The Hall–Kier alpha value is -2.50. The molecule has 0 fully saturated rings. The molecule has 0 unspecified atom stereocenters. The number of nitrogens with one attached hydrogen (secondary N) is 1. The molecule has 2 aromatic heterocycles. The lowest BCUT2D eigenvalue weighted by molar-refractivity contribution is 0.101. The summed E-state index contributed by atoms with van der Waals surface area (Å²) < 4.78 is 1.32. The van der Waals surface area contributed by atoms with E-state index in [1.54, 1.807) is 12.3 Å². The molecule has 0 aliphatic carbocycles. The molecule has 6 nitrogen and oxygen atoms in total. The van der Waals surface area contributed by atoms with Crippen LogP contribution in [0.4, 0.5) is 5.82 Å². The predicted octanol–water partition coefficient (Wildman–Crippen LogP) is 2.00. The Kier molecular flexibility index (Phi) is 4.81. The van der Waals surface area contributed by atoms with Gasteiger partial charge in [-0.15, -0.1) is 0 Å². The molecule has 0 radical (unpaired) electrons. The zero-order chi connectivity index (χ0) is 15.2. The zero-order valence-electron chi connectivity index (χ0n) is 12.2. The first-order valence-corrected chi connectivity index (χ1v) is 6.92. The molecule has 2 aromatic rings. The van der Waals surface area contributed by atoms with Crippen LogP contribution in [0.5, 0.6) is 0 Å². The van der Waals surface area contributed by atoms with Crippen LogP contribution in [0.15, 0.2) is 35.3 Å². The molecule has 0 aromatic carbocycles. The van der Waals surface area contributed by atoms with Crippen molar-refractivity contribution in [2.45, 2.75) is 33.2 Å². The van der Waals surface area contributed by atoms with Crippen LogP contribution in [0.25, 0.3) is 0 Å². The lowest BCUT2D eigenvalue weighted by Crippen LogP contribution is -2.26. The molecule has 2 heterocycles. The average molecular weight is 286 g/mol. The highest BCUT2D eigenvalue weighted by Gasteiger charge is 2.10. The average Bonchev–Trinajstić information content (AvgIpc) is 2.46. The van der Waals surface area contributed by atoms with E-state index in [-0.39, 0.29) is 17.2 Å². The van der Waals surface area contributed by atoms with Crippen molar-refractivity contribution in [3.8, 4) is 0 Å². The van der Waals surface area contributed by atoms with Gasteiger partial charge in [-0.3, -0.25) is 9.59 Å². The van der Waals surface area contributed by atoms with E-state index in [1.807, 2.05) is 19.9 Å². The largest absolute Gasteiger partial charge is 0.305 e. The first-order valence-electron chi connectivity index (χ1n) is 6.92. The number of amides is 1. The zero-order valence-corrected chi connectivity index (χ0v) is 12.2. The van der Waals surface area contributed by atoms with Crippen molar-refractivity contribution in [2.24, 2.45) is 0 Å². The summed E-state index contributed by atoms with van der Waals surface area (Å²) >= 11 is 0. The topological polar surface area (TPSA) is 76.9 Å². The summed E-state index contributed by atoms with van der Waals surface area (Å²) in [6.45, 7) is 4.46. The van der Waals surface area contributed by atoms with E-state index in [0.717, 1.165) is 18.4 Å². The number of unbranched alkanes of at least 4 members (excludes halogenated alkanes) is 1. The van der Waals surface area contributed by atoms with Gasteiger partial charge >= 0.3 is 0 Å². The molecule has 0 atom stereocenters. The fraction of sp³-hybridized carbons (Fsp3) is 0.333. The van der Waals surface area contributed by atoms with Crippen LogP contribution in [0.3, 0.4) is 0 Å². The summed E-state index contributed by atoms with van der Waals surface area (Å²) in [5, 5.41) is 6.77. The minimum atomic E-state index is -0.377. The lowest BCUT2D eigenvalue weighted by Gasteiger charge is -2.07. The third-order valence-corrected chi connectivity index (χ3v) is 2.98. The molecule has 0 spiro atoms. The van der Waals surface area contributed by atoms with Crippen molar-refractivity contribution in [3.05, 3.63) is 52.1 Å². The van der Waals surface area contributed by atoms with E-state index in [1.165, 1.54) is 16.8 Å². The monoisotopic (exact) mass is 286 g/mol. The standard InChI is InChI=1S/C15H18N4O2/c1-3-4-9-19-14(20)6-5-12(18-19)15(21)17-13-10-11(2)7-8-16-13/h5-8,10H,3-4,9H2,1-2H3,(H,16,17,21). The van der Waals surface area contributed by atoms with E-state index in [0.29, 0.717) is 12.4 Å². The van der Waals surface area contributed by atoms with E-state index >= 15 is 0 Å². The quantitative estimate of drug-likeness (QED) is 0.912. The minimum Gasteiger partial charge on any atom is -0.305 e. The fourth-order valence-electron chi connectivity index (χ4n) is 1.82. The lowest BCUT2D eigenvalue weighted by atomic mass is 10.3. The van der Waals surface area contributed by atoms with Crippen LogP contribution in [-0.4, -0.2) is 20.7 Å². The van der Waals surface area contributed by atoms with Crippen molar-refractivity contribution < 1.29 is 4.79 Å². The van der Waals surface area contributed by atoms with Crippen LogP contribution < -0.4 is 10.9 Å². The molecular weight excluding hydrogens is 268 g/mol. The molecular formula is C15H18N4O2. The van der Waals surface area contributed by atoms with Gasteiger partial charge in [0.25, 0.3) is 11.5 Å². The third kappa shape index (κ3) is 3.98. The number of pyridine rings is 1. The summed E-state index contributed by atoms with van der Waals surface area (Å²) in [6, 6.07) is 6.40. The second-order valence-corrected chi connectivity index (χ2v) is 4.81. The Bertz CT molecular complexity index is 694. The summed E-state index contributed by atoms with van der Waals surface area (Å²) in [6.07, 6.45) is 3.43. The smallest absolute Gasteiger partial charge is 0.277 e. The van der Waals surface area contributed by atoms with Gasteiger partial charge < -0.3 is 5.32 Å². The number of hydrogen-bond acceptors (Lipinski definition) is 4. The van der Waals surface area contributed by atoms with Gasteiger partial charge in [0.15, 0.2) is 0 Å². The molecule has 110 valence electrons. The molecule has 21 heavy (non-hydrogen) atoms. The molecule has 0 aliphatic heterocycles. The molecule has 6 heteroatoms. The Labute approximate surface area is 122 Å². The number of anilines is 1. The Morgan fingerprint density at radius 2 is 2.14 bits per heavy atom. The number of aromatic nitrogens is 3. The van der Waals surface area contributed by atoms with Gasteiger partial charge in [-0.05, 0) is 37.1 Å². The summed E-state index contributed by atoms with van der Waals surface area (Å²) in [4.78, 5) is 27.9. The second kappa shape index (κ2) is 6.78. The second-order valence-electron chi connectivity index (χ2n) is 4.81. The number of hydrogen-bond donors (Lipinski definition) is 1. The number of nitrogens with zero attached hydrogens (tertiary/aromatic N) is 3.